The zero-order valence-corrected chi connectivity index (χ0v) is 13.1. The van der Waals surface area contributed by atoms with Gasteiger partial charge in [-0.3, -0.25) is 4.79 Å². The molecule has 0 saturated heterocycles. The predicted octanol–water partition coefficient (Wildman–Crippen LogP) is 3.75. The molecule has 0 aliphatic heterocycles. The Morgan fingerprint density at radius 2 is 1.88 bits per heavy atom. The molecule has 1 aromatic carbocycles. The van der Waals surface area contributed by atoms with Gasteiger partial charge in [0.25, 0.3) is 5.91 Å². The van der Waals surface area contributed by atoms with E-state index >= 15 is 0 Å². The molecule has 0 aliphatic rings. The summed E-state index contributed by atoms with van der Waals surface area (Å²) >= 11 is 0. The molecule has 0 fully saturated rings. The van der Waals surface area contributed by atoms with E-state index in [0.717, 1.165) is 37.9 Å². The van der Waals surface area contributed by atoms with Crippen molar-refractivity contribution in [1.29, 1.82) is 0 Å². The maximum atomic E-state index is 13.5. The third-order valence-corrected chi connectivity index (χ3v) is 3.25. The number of rotatable bonds is 7. The van der Waals surface area contributed by atoms with E-state index in [9.17, 15) is 18.0 Å². The van der Waals surface area contributed by atoms with Crippen LogP contribution < -0.4 is 10.6 Å². The molecule has 0 bridgehead atoms. The van der Waals surface area contributed by atoms with E-state index in [1.807, 2.05) is 0 Å². The fraction of sp³-hybridized carbons (Fsp3) is 0.312. The van der Waals surface area contributed by atoms with Gasteiger partial charge in [0.05, 0.1) is 18.1 Å². The monoisotopic (exact) mass is 338 g/mol. The maximum Gasteiger partial charge on any atom is 0.275 e. The maximum absolute atomic E-state index is 13.5. The second-order valence-corrected chi connectivity index (χ2v) is 5.10. The highest BCUT2D eigenvalue weighted by Crippen LogP contribution is 2.20. The van der Waals surface area contributed by atoms with Crippen LogP contribution in [0.25, 0.3) is 0 Å². The number of anilines is 2. The van der Waals surface area contributed by atoms with Gasteiger partial charge in [0, 0.05) is 6.54 Å². The number of amides is 1. The molecule has 0 atom stereocenters. The van der Waals surface area contributed by atoms with Crippen LogP contribution in [0, 0.1) is 17.5 Å². The first-order valence-electron chi connectivity index (χ1n) is 7.53. The Kier molecular flexibility index (Phi) is 6.11. The van der Waals surface area contributed by atoms with Crippen LogP contribution in [0.1, 0.15) is 36.7 Å². The molecule has 24 heavy (non-hydrogen) atoms. The van der Waals surface area contributed by atoms with Gasteiger partial charge in [-0.25, -0.2) is 23.1 Å². The molecule has 2 N–H and O–H groups in total. The second-order valence-electron chi connectivity index (χ2n) is 5.10. The molecule has 0 radical (unpaired) electrons. The summed E-state index contributed by atoms with van der Waals surface area (Å²) in [7, 11) is 0. The highest BCUT2D eigenvalue weighted by molar-refractivity contribution is 6.02. The lowest BCUT2D eigenvalue weighted by atomic mass is 10.2. The summed E-state index contributed by atoms with van der Waals surface area (Å²) in [5.41, 5.74) is -0.541. The van der Waals surface area contributed by atoms with Crippen molar-refractivity contribution >= 4 is 17.4 Å². The van der Waals surface area contributed by atoms with E-state index < -0.39 is 29.0 Å². The van der Waals surface area contributed by atoms with Crippen molar-refractivity contribution in [2.24, 2.45) is 0 Å². The van der Waals surface area contributed by atoms with Crippen LogP contribution in [0.4, 0.5) is 24.7 Å². The highest BCUT2D eigenvalue weighted by Gasteiger charge is 2.16. The van der Waals surface area contributed by atoms with Crippen LogP contribution in [0.15, 0.2) is 24.5 Å². The molecule has 1 heterocycles. The van der Waals surface area contributed by atoms with Gasteiger partial charge in [0.1, 0.15) is 11.5 Å². The third kappa shape index (κ3) is 4.43. The molecule has 0 saturated carbocycles. The summed E-state index contributed by atoms with van der Waals surface area (Å²) < 4.78 is 39.5. The summed E-state index contributed by atoms with van der Waals surface area (Å²) in [5.74, 6) is -4.70. The van der Waals surface area contributed by atoms with Crippen LogP contribution in [0.2, 0.25) is 0 Å². The number of unbranched alkanes of at least 4 members (excludes halogenated alkanes) is 2. The van der Waals surface area contributed by atoms with Gasteiger partial charge in [-0.2, -0.15) is 0 Å². The van der Waals surface area contributed by atoms with Crippen molar-refractivity contribution in [1.82, 2.24) is 9.97 Å². The number of carbonyl (C=O) groups is 1. The van der Waals surface area contributed by atoms with Crippen molar-refractivity contribution < 1.29 is 18.0 Å². The van der Waals surface area contributed by atoms with Crippen LogP contribution in [0.3, 0.4) is 0 Å². The Morgan fingerprint density at radius 1 is 1.08 bits per heavy atom. The Hall–Kier alpha value is -2.64. The highest BCUT2D eigenvalue weighted by atomic mass is 19.2. The zero-order valence-electron chi connectivity index (χ0n) is 13.1. The minimum absolute atomic E-state index is 0.0711. The summed E-state index contributed by atoms with van der Waals surface area (Å²) in [6.45, 7) is 2.84. The normalized spacial score (nSPS) is 10.5. The summed E-state index contributed by atoms with van der Waals surface area (Å²) in [6, 6.07) is 1.66. The molecule has 128 valence electrons. The van der Waals surface area contributed by atoms with Gasteiger partial charge in [-0.05, 0) is 18.6 Å². The van der Waals surface area contributed by atoms with Crippen LogP contribution in [-0.4, -0.2) is 22.4 Å². The SMILES string of the molecule is CCCCCNc1cnc(C(=O)Nc2ccc(F)c(F)c2F)cn1. The van der Waals surface area contributed by atoms with E-state index in [0.29, 0.717) is 5.82 Å². The molecule has 0 unspecified atom stereocenters. The Morgan fingerprint density at radius 3 is 2.54 bits per heavy atom. The van der Waals surface area contributed by atoms with Gasteiger partial charge in [0.2, 0.25) is 0 Å². The Bertz CT molecular complexity index is 707. The lowest BCUT2D eigenvalue weighted by molar-refractivity contribution is 0.102. The van der Waals surface area contributed by atoms with Crippen molar-refractivity contribution in [3.63, 3.8) is 0 Å². The molecule has 0 aliphatic carbocycles. The van der Waals surface area contributed by atoms with Crippen molar-refractivity contribution in [2.75, 3.05) is 17.2 Å². The zero-order chi connectivity index (χ0) is 17.5. The van der Waals surface area contributed by atoms with Gasteiger partial charge in [0.15, 0.2) is 17.5 Å². The lowest BCUT2D eigenvalue weighted by Gasteiger charge is -2.08. The summed E-state index contributed by atoms with van der Waals surface area (Å²) in [6.07, 6.45) is 5.79. The molecular formula is C16H17F3N4O. The van der Waals surface area contributed by atoms with Gasteiger partial charge in [-0.15, -0.1) is 0 Å². The minimum Gasteiger partial charge on any atom is -0.369 e. The topological polar surface area (TPSA) is 66.9 Å². The first-order valence-corrected chi connectivity index (χ1v) is 7.53. The summed E-state index contributed by atoms with van der Waals surface area (Å²) in [5, 5.41) is 5.19. The molecule has 0 spiro atoms. The van der Waals surface area contributed by atoms with Crippen molar-refractivity contribution in [2.45, 2.75) is 26.2 Å². The summed E-state index contributed by atoms with van der Waals surface area (Å²) in [4.78, 5) is 19.9. The number of nitrogens with one attached hydrogen (secondary N) is 2. The standard InChI is InChI=1S/C16H17F3N4O/c1-2-3-4-7-20-13-9-21-12(8-22-13)16(24)23-11-6-5-10(17)14(18)15(11)19/h5-6,8-9H,2-4,7H2,1H3,(H,20,22)(H,23,24). The van der Waals surface area contributed by atoms with Crippen LogP contribution in [-0.2, 0) is 0 Å². The fourth-order valence-electron chi connectivity index (χ4n) is 1.94. The van der Waals surface area contributed by atoms with Crippen LogP contribution >= 0.6 is 0 Å². The Labute approximate surface area is 137 Å². The fourth-order valence-corrected chi connectivity index (χ4v) is 1.94. The molecular weight excluding hydrogens is 321 g/mol. The number of carbonyl (C=O) groups excluding carboxylic acids is 1. The molecule has 8 heteroatoms. The smallest absolute Gasteiger partial charge is 0.275 e. The largest absolute Gasteiger partial charge is 0.369 e. The van der Waals surface area contributed by atoms with E-state index in [1.54, 1.807) is 0 Å². The van der Waals surface area contributed by atoms with Crippen LogP contribution in [0.5, 0.6) is 0 Å². The number of benzene rings is 1. The number of aromatic nitrogens is 2. The number of hydrogen-bond acceptors (Lipinski definition) is 4. The Balaban J connectivity index is 1.99. The number of halogens is 3. The molecule has 2 aromatic rings. The number of hydrogen-bond donors (Lipinski definition) is 2. The second kappa shape index (κ2) is 8.28. The molecule has 2 rings (SSSR count). The first-order chi connectivity index (χ1) is 11.5. The molecule has 1 aromatic heterocycles. The first kappa shape index (κ1) is 17.7. The van der Waals surface area contributed by atoms with Gasteiger partial charge in [-0.1, -0.05) is 19.8 Å². The third-order valence-electron chi connectivity index (χ3n) is 3.25. The van der Waals surface area contributed by atoms with E-state index in [4.69, 9.17) is 0 Å². The minimum atomic E-state index is -1.65. The van der Waals surface area contributed by atoms with Crippen molar-refractivity contribution in [3.8, 4) is 0 Å². The van der Waals surface area contributed by atoms with E-state index in [2.05, 4.69) is 27.5 Å². The lowest BCUT2D eigenvalue weighted by Crippen LogP contribution is -2.16. The van der Waals surface area contributed by atoms with Gasteiger partial charge >= 0.3 is 0 Å². The predicted molar refractivity (Wildman–Crippen MR) is 84.3 cm³/mol. The number of nitrogens with zero attached hydrogens (tertiary/aromatic N) is 2. The average Bonchev–Trinajstić information content (AvgIpc) is 2.59. The molecule has 5 nitrogen and oxygen atoms in total. The molecule has 1 amide bonds. The quantitative estimate of drug-likeness (QED) is 0.596. The van der Waals surface area contributed by atoms with Gasteiger partial charge < -0.3 is 10.6 Å². The average molecular weight is 338 g/mol. The van der Waals surface area contributed by atoms with Crippen molar-refractivity contribution in [3.05, 3.63) is 47.7 Å². The van der Waals surface area contributed by atoms with E-state index in [-0.39, 0.29) is 5.69 Å². The van der Waals surface area contributed by atoms with E-state index in [1.165, 1.54) is 12.4 Å².